The predicted octanol–water partition coefficient (Wildman–Crippen LogP) is 2.96. The number of ether oxygens (including phenoxy) is 1. The van der Waals surface area contributed by atoms with Crippen LogP contribution in [0.5, 0.6) is 5.75 Å². The first-order chi connectivity index (χ1) is 11.6. The van der Waals surface area contributed by atoms with Crippen LogP contribution in [-0.2, 0) is 0 Å². The third-order valence-corrected chi connectivity index (χ3v) is 4.16. The highest BCUT2D eigenvalue weighted by Crippen LogP contribution is 2.18. The minimum Gasteiger partial charge on any atom is -0.492 e. The average Bonchev–Trinajstić information content (AvgIpc) is 3.18. The van der Waals surface area contributed by atoms with Crippen molar-refractivity contribution in [3.63, 3.8) is 0 Å². The van der Waals surface area contributed by atoms with Gasteiger partial charge in [-0.1, -0.05) is 12.1 Å². The number of aryl methyl sites for hydroxylation is 1. The number of nitrogens with zero attached hydrogens (tertiary/aromatic N) is 2. The summed E-state index contributed by atoms with van der Waals surface area (Å²) in [5.74, 6) is 1.92. The minimum absolute atomic E-state index is 0.271. The third-order valence-electron chi connectivity index (χ3n) is 4.16. The lowest BCUT2D eigenvalue weighted by atomic mass is 10.2. The van der Waals surface area contributed by atoms with E-state index in [1.807, 2.05) is 24.3 Å². The van der Waals surface area contributed by atoms with Crippen LogP contribution in [0.4, 0.5) is 5.69 Å². The smallest absolute Gasteiger partial charge is 0.277 e. The number of aromatic nitrogens is 1. The molecule has 128 valence electrons. The maximum Gasteiger partial charge on any atom is 0.277 e. The SMILES string of the molecule is Cc1cc(C(=O)Nc2ccc(OCCN3CCC(C)C3)cc2)no1. The standard InChI is InChI=1S/C18H23N3O3/c1-13-7-8-21(12-13)9-10-23-16-5-3-15(4-6-16)19-18(22)17-11-14(2)24-20-17/h3-6,11,13H,7-10,12H2,1-2H3,(H,19,22). The second-order valence-electron chi connectivity index (χ2n) is 6.34. The molecule has 1 fully saturated rings. The number of benzene rings is 1. The first-order valence-electron chi connectivity index (χ1n) is 8.30. The fourth-order valence-corrected chi connectivity index (χ4v) is 2.83. The zero-order valence-corrected chi connectivity index (χ0v) is 14.1. The van der Waals surface area contributed by atoms with E-state index >= 15 is 0 Å². The molecule has 1 aliphatic rings. The highest BCUT2D eigenvalue weighted by atomic mass is 16.5. The van der Waals surface area contributed by atoms with Crippen molar-refractivity contribution >= 4 is 11.6 Å². The molecule has 2 aromatic rings. The van der Waals surface area contributed by atoms with Gasteiger partial charge in [0.15, 0.2) is 5.69 Å². The summed E-state index contributed by atoms with van der Waals surface area (Å²) < 4.78 is 10.7. The number of anilines is 1. The van der Waals surface area contributed by atoms with E-state index in [9.17, 15) is 4.79 Å². The van der Waals surface area contributed by atoms with Crippen molar-refractivity contribution in [2.24, 2.45) is 5.92 Å². The van der Waals surface area contributed by atoms with Crippen LogP contribution < -0.4 is 10.1 Å². The molecule has 24 heavy (non-hydrogen) atoms. The van der Waals surface area contributed by atoms with Gasteiger partial charge in [0, 0.05) is 24.8 Å². The largest absolute Gasteiger partial charge is 0.492 e. The van der Waals surface area contributed by atoms with E-state index in [1.165, 1.54) is 6.42 Å². The monoisotopic (exact) mass is 329 g/mol. The van der Waals surface area contributed by atoms with E-state index in [2.05, 4.69) is 22.3 Å². The Morgan fingerprint density at radius 1 is 1.42 bits per heavy atom. The number of nitrogens with one attached hydrogen (secondary N) is 1. The summed E-state index contributed by atoms with van der Waals surface area (Å²) >= 11 is 0. The summed E-state index contributed by atoms with van der Waals surface area (Å²) in [5, 5.41) is 6.48. The van der Waals surface area contributed by atoms with Crippen LogP contribution in [-0.4, -0.2) is 42.2 Å². The Bertz CT molecular complexity index is 681. The molecule has 3 rings (SSSR count). The lowest BCUT2D eigenvalue weighted by Crippen LogP contribution is -2.25. The summed E-state index contributed by atoms with van der Waals surface area (Å²) in [6.07, 6.45) is 1.28. The molecule has 2 heterocycles. The Kier molecular flexibility index (Phi) is 5.15. The summed E-state index contributed by atoms with van der Waals surface area (Å²) in [5.41, 5.74) is 0.967. The second-order valence-corrected chi connectivity index (χ2v) is 6.34. The number of rotatable bonds is 6. The molecule has 1 unspecified atom stereocenters. The normalized spacial score (nSPS) is 17.8. The number of hydrogen-bond donors (Lipinski definition) is 1. The molecule has 1 amide bonds. The molecule has 0 spiro atoms. The van der Waals surface area contributed by atoms with Crippen molar-refractivity contribution in [1.82, 2.24) is 10.1 Å². The van der Waals surface area contributed by atoms with Crippen molar-refractivity contribution in [2.45, 2.75) is 20.3 Å². The van der Waals surface area contributed by atoms with Gasteiger partial charge in [-0.15, -0.1) is 0 Å². The van der Waals surface area contributed by atoms with E-state index in [-0.39, 0.29) is 11.6 Å². The maximum atomic E-state index is 12.0. The van der Waals surface area contributed by atoms with E-state index < -0.39 is 0 Å². The van der Waals surface area contributed by atoms with E-state index in [4.69, 9.17) is 9.26 Å². The van der Waals surface area contributed by atoms with Gasteiger partial charge in [0.05, 0.1) is 0 Å². The molecule has 1 atom stereocenters. The first kappa shape index (κ1) is 16.5. The van der Waals surface area contributed by atoms with Crippen molar-refractivity contribution in [1.29, 1.82) is 0 Å². The third kappa shape index (κ3) is 4.35. The molecule has 1 aliphatic heterocycles. The van der Waals surface area contributed by atoms with Gasteiger partial charge < -0.3 is 14.6 Å². The van der Waals surface area contributed by atoms with Crippen LogP contribution in [0.2, 0.25) is 0 Å². The van der Waals surface area contributed by atoms with Crippen molar-refractivity contribution in [3.8, 4) is 5.75 Å². The Labute approximate surface area is 141 Å². The molecule has 0 saturated carbocycles. The summed E-state index contributed by atoms with van der Waals surface area (Å²) in [6, 6.07) is 8.95. The number of carbonyl (C=O) groups is 1. The van der Waals surface area contributed by atoms with Crippen molar-refractivity contribution < 1.29 is 14.1 Å². The van der Waals surface area contributed by atoms with Gasteiger partial charge in [-0.05, 0) is 50.1 Å². The quantitative estimate of drug-likeness (QED) is 0.882. The van der Waals surface area contributed by atoms with E-state index in [1.54, 1.807) is 13.0 Å². The van der Waals surface area contributed by atoms with Crippen LogP contribution in [0.25, 0.3) is 0 Å². The van der Waals surface area contributed by atoms with Crippen molar-refractivity contribution in [2.75, 3.05) is 31.6 Å². The number of carbonyl (C=O) groups excluding carboxylic acids is 1. The molecular weight excluding hydrogens is 306 g/mol. The maximum absolute atomic E-state index is 12.0. The molecule has 1 N–H and O–H groups in total. The van der Waals surface area contributed by atoms with Crippen LogP contribution in [0.3, 0.4) is 0 Å². The number of amides is 1. The molecule has 0 bridgehead atoms. The highest BCUT2D eigenvalue weighted by Gasteiger charge is 2.17. The van der Waals surface area contributed by atoms with Gasteiger partial charge in [0.2, 0.25) is 0 Å². The average molecular weight is 329 g/mol. The Balaban J connectivity index is 1.45. The molecule has 6 nitrogen and oxygen atoms in total. The highest BCUT2D eigenvalue weighted by molar-refractivity contribution is 6.02. The van der Waals surface area contributed by atoms with Gasteiger partial charge in [-0.2, -0.15) is 0 Å². The summed E-state index contributed by atoms with van der Waals surface area (Å²) in [6.45, 7) is 7.99. The molecule has 1 aromatic carbocycles. The van der Waals surface area contributed by atoms with Gasteiger partial charge in [-0.3, -0.25) is 9.69 Å². The lowest BCUT2D eigenvalue weighted by Gasteiger charge is -2.15. The Morgan fingerprint density at radius 3 is 2.83 bits per heavy atom. The molecule has 1 saturated heterocycles. The van der Waals surface area contributed by atoms with Crippen LogP contribution in [0, 0.1) is 12.8 Å². The first-order valence-corrected chi connectivity index (χ1v) is 8.30. The summed E-state index contributed by atoms with van der Waals surface area (Å²) in [4.78, 5) is 14.4. The fraction of sp³-hybridized carbons (Fsp3) is 0.444. The van der Waals surface area contributed by atoms with Gasteiger partial charge >= 0.3 is 0 Å². The van der Waals surface area contributed by atoms with Gasteiger partial charge in [-0.25, -0.2) is 0 Å². The number of hydrogen-bond acceptors (Lipinski definition) is 5. The van der Waals surface area contributed by atoms with Gasteiger partial charge in [0.25, 0.3) is 5.91 Å². The molecule has 0 aliphatic carbocycles. The fourth-order valence-electron chi connectivity index (χ4n) is 2.83. The van der Waals surface area contributed by atoms with Crippen LogP contribution >= 0.6 is 0 Å². The Hall–Kier alpha value is -2.34. The zero-order chi connectivity index (χ0) is 16.9. The van der Waals surface area contributed by atoms with Crippen LogP contribution in [0.15, 0.2) is 34.9 Å². The van der Waals surface area contributed by atoms with Gasteiger partial charge in [0.1, 0.15) is 18.1 Å². The zero-order valence-electron chi connectivity index (χ0n) is 14.1. The van der Waals surface area contributed by atoms with Crippen LogP contribution in [0.1, 0.15) is 29.6 Å². The number of likely N-dealkylation sites (tertiary alicyclic amines) is 1. The summed E-state index contributed by atoms with van der Waals surface area (Å²) in [7, 11) is 0. The minimum atomic E-state index is -0.288. The second kappa shape index (κ2) is 7.49. The Morgan fingerprint density at radius 2 is 2.21 bits per heavy atom. The molecular formula is C18H23N3O3. The predicted molar refractivity (Wildman–Crippen MR) is 91.4 cm³/mol. The van der Waals surface area contributed by atoms with E-state index in [0.717, 1.165) is 31.3 Å². The molecule has 6 heteroatoms. The van der Waals surface area contributed by atoms with Crippen molar-refractivity contribution in [3.05, 3.63) is 41.8 Å². The lowest BCUT2D eigenvalue weighted by molar-refractivity contribution is 0.101. The molecule has 0 radical (unpaired) electrons. The molecule has 1 aromatic heterocycles. The topological polar surface area (TPSA) is 67.6 Å². The van der Waals surface area contributed by atoms with E-state index in [0.29, 0.717) is 18.1 Å².